The summed E-state index contributed by atoms with van der Waals surface area (Å²) in [5.74, 6) is 0.679. The van der Waals surface area contributed by atoms with Crippen molar-refractivity contribution in [3.8, 4) is 0 Å². The maximum absolute atomic E-state index is 12.0. The second-order valence-corrected chi connectivity index (χ2v) is 8.26. The SMILES string of the molecule is CCOC(OCC)c1c(I)c2cnc(C)nc2n1CCNC(=O)OC(C)(C)C. The molecular formula is C19H29IN4O4. The lowest BCUT2D eigenvalue weighted by Gasteiger charge is -2.21. The third-order valence-corrected chi connectivity index (χ3v) is 4.89. The normalized spacial score (nSPS) is 12.0. The third-order valence-electron chi connectivity index (χ3n) is 3.76. The van der Waals surface area contributed by atoms with Crippen molar-refractivity contribution >= 4 is 39.7 Å². The topological polar surface area (TPSA) is 87.5 Å². The Morgan fingerprint density at radius 3 is 2.50 bits per heavy atom. The van der Waals surface area contributed by atoms with Gasteiger partial charge >= 0.3 is 6.09 Å². The summed E-state index contributed by atoms with van der Waals surface area (Å²) >= 11 is 2.28. The number of carbonyl (C=O) groups excluding carboxylic acids is 1. The van der Waals surface area contributed by atoms with Crippen LogP contribution in [0.5, 0.6) is 0 Å². The molecule has 8 nitrogen and oxygen atoms in total. The number of carbonyl (C=O) groups is 1. The summed E-state index contributed by atoms with van der Waals surface area (Å²) in [4.78, 5) is 20.9. The van der Waals surface area contributed by atoms with E-state index in [4.69, 9.17) is 14.2 Å². The molecule has 2 aromatic heterocycles. The number of rotatable bonds is 8. The molecule has 0 unspecified atom stereocenters. The van der Waals surface area contributed by atoms with Crippen LogP contribution in [-0.4, -0.2) is 46.0 Å². The van der Waals surface area contributed by atoms with Gasteiger partial charge in [0.05, 0.1) is 14.7 Å². The van der Waals surface area contributed by atoms with Crippen molar-refractivity contribution in [3.63, 3.8) is 0 Å². The molecule has 0 saturated carbocycles. The quantitative estimate of drug-likeness (QED) is 0.433. The van der Waals surface area contributed by atoms with Crippen molar-refractivity contribution in [2.24, 2.45) is 0 Å². The molecule has 2 heterocycles. The maximum Gasteiger partial charge on any atom is 0.407 e. The number of nitrogens with one attached hydrogen (secondary N) is 1. The van der Waals surface area contributed by atoms with Crippen molar-refractivity contribution in [2.45, 2.75) is 60.0 Å². The van der Waals surface area contributed by atoms with Crippen molar-refractivity contribution in [1.82, 2.24) is 19.9 Å². The first-order valence-corrected chi connectivity index (χ1v) is 10.5. The summed E-state index contributed by atoms with van der Waals surface area (Å²) in [6, 6.07) is 0. The fourth-order valence-corrected chi connectivity index (χ4v) is 3.66. The Hall–Kier alpha value is -1.46. The maximum atomic E-state index is 12.0. The number of halogens is 1. The molecule has 0 bridgehead atoms. The average molecular weight is 504 g/mol. The molecule has 2 aromatic rings. The summed E-state index contributed by atoms with van der Waals surface area (Å²) in [7, 11) is 0. The van der Waals surface area contributed by atoms with Gasteiger partial charge in [0.15, 0.2) is 6.29 Å². The van der Waals surface area contributed by atoms with Crippen LogP contribution in [0.25, 0.3) is 11.0 Å². The van der Waals surface area contributed by atoms with Gasteiger partial charge in [-0.25, -0.2) is 14.8 Å². The van der Waals surface area contributed by atoms with E-state index in [1.54, 1.807) is 0 Å². The van der Waals surface area contributed by atoms with E-state index >= 15 is 0 Å². The summed E-state index contributed by atoms with van der Waals surface area (Å²) in [5, 5.41) is 3.73. The van der Waals surface area contributed by atoms with Crippen molar-refractivity contribution in [3.05, 3.63) is 21.3 Å². The lowest BCUT2D eigenvalue weighted by Crippen LogP contribution is -2.34. The minimum atomic E-state index is -0.538. The predicted molar refractivity (Wildman–Crippen MR) is 115 cm³/mol. The number of nitrogens with zero attached hydrogens (tertiary/aromatic N) is 3. The van der Waals surface area contributed by atoms with Gasteiger partial charge < -0.3 is 24.1 Å². The van der Waals surface area contributed by atoms with E-state index in [1.165, 1.54) is 0 Å². The Labute approximate surface area is 179 Å². The van der Waals surface area contributed by atoms with E-state index in [2.05, 4.69) is 37.9 Å². The smallest absolute Gasteiger partial charge is 0.407 e. The summed E-state index contributed by atoms with van der Waals surface area (Å²) in [6.07, 6.45) is 0.852. The molecule has 9 heteroatoms. The van der Waals surface area contributed by atoms with E-state index < -0.39 is 18.0 Å². The predicted octanol–water partition coefficient (Wildman–Crippen LogP) is 3.94. The fraction of sp³-hybridized carbons (Fsp3) is 0.632. The van der Waals surface area contributed by atoms with Crippen molar-refractivity contribution in [1.29, 1.82) is 0 Å². The zero-order valence-corrected chi connectivity index (χ0v) is 19.5. The number of hydrogen-bond acceptors (Lipinski definition) is 6. The number of alkyl carbamates (subject to hydrolysis) is 1. The molecule has 1 amide bonds. The van der Waals surface area contributed by atoms with E-state index in [-0.39, 0.29) is 0 Å². The zero-order valence-electron chi connectivity index (χ0n) is 17.3. The monoisotopic (exact) mass is 504 g/mol. The Morgan fingerprint density at radius 1 is 1.29 bits per heavy atom. The van der Waals surface area contributed by atoms with E-state index in [1.807, 2.05) is 52.3 Å². The van der Waals surface area contributed by atoms with Gasteiger partial charge in [-0.2, -0.15) is 0 Å². The molecule has 2 rings (SSSR count). The van der Waals surface area contributed by atoms with Crippen LogP contribution in [0, 0.1) is 10.5 Å². The molecule has 0 aromatic carbocycles. The second-order valence-electron chi connectivity index (χ2n) is 7.18. The Kier molecular flexibility index (Phi) is 8.02. The number of aromatic nitrogens is 3. The number of fused-ring (bicyclic) bond motifs is 1. The first-order chi connectivity index (χ1) is 13.2. The Balaban J connectivity index is 2.34. The molecular weight excluding hydrogens is 475 g/mol. The highest BCUT2D eigenvalue weighted by Gasteiger charge is 2.25. The molecule has 156 valence electrons. The Morgan fingerprint density at radius 2 is 1.93 bits per heavy atom. The third kappa shape index (κ3) is 5.77. The van der Waals surface area contributed by atoms with E-state index in [0.29, 0.717) is 32.1 Å². The van der Waals surface area contributed by atoms with E-state index in [9.17, 15) is 4.79 Å². The van der Waals surface area contributed by atoms with Crippen LogP contribution < -0.4 is 5.32 Å². The molecule has 0 spiro atoms. The van der Waals surface area contributed by atoms with Crippen LogP contribution >= 0.6 is 22.6 Å². The van der Waals surface area contributed by atoms with Crippen molar-refractivity contribution < 1.29 is 19.0 Å². The molecule has 0 aliphatic heterocycles. The van der Waals surface area contributed by atoms with Gasteiger partial charge in [-0.1, -0.05) is 0 Å². The van der Waals surface area contributed by atoms with Crippen LogP contribution in [0.2, 0.25) is 0 Å². The van der Waals surface area contributed by atoms with Gasteiger partial charge in [-0.05, 0) is 64.1 Å². The molecule has 0 aliphatic carbocycles. The summed E-state index contributed by atoms with van der Waals surface area (Å²) < 4.78 is 20.0. The molecule has 0 aliphatic rings. The molecule has 1 N–H and O–H groups in total. The summed E-state index contributed by atoms with van der Waals surface area (Å²) in [5.41, 5.74) is 1.14. The standard InChI is InChI=1S/C19H29IN4O4/c1-7-26-17(27-8-2)15-14(20)13-11-22-12(3)23-16(13)24(15)10-9-21-18(25)28-19(4,5)6/h11,17H,7-10H2,1-6H3,(H,21,25). The number of hydrogen-bond donors (Lipinski definition) is 1. The lowest BCUT2D eigenvalue weighted by atomic mass is 10.2. The van der Waals surface area contributed by atoms with Gasteiger partial charge in [-0.15, -0.1) is 0 Å². The highest BCUT2D eigenvalue weighted by molar-refractivity contribution is 14.1. The van der Waals surface area contributed by atoms with Crippen LogP contribution in [-0.2, 0) is 20.8 Å². The summed E-state index contributed by atoms with van der Waals surface area (Å²) in [6.45, 7) is 13.1. The highest BCUT2D eigenvalue weighted by atomic mass is 127. The number of ether oxygens (including phenoxy) is 3. The first kappa shape index (κ1) is 22.8. The fourth-order valence-electron chi connectivity index (χ4n) is 2.74. The molecule has 0 fully saturated rings. The van der Waals surface area contributed by atoms with Crippen LogP contribution in [0.15, 0.2) is 6.20 Å². The molecule has 0 saturated heterocycles. The van der Waals surface area contributed by atoms with Gasteiger partial charge in [0.25, 0.3) is 0 Å². The number of amides is 1. The van der Waals surface area contributed by atoms with Crippen LogP contribution in [0.3, 0.4) is 0 Å². The second kappa shape index (κ2) is 9.84. The number of aryl methyl sites for hydroxylation is 1. The average Bonchev–Trinajstić information content (AvgIpc) is 2.85. The van der Waals surface area contributed by atoms with Gasteiger partial charge in [-0.3, -0.25) is 0 Å². The molecule has 0 radical (unpaired) electrons. The van der Waals surface area contributed by atoms with Crippen molar-refractivity contribution in [2.75, 3.05) is 19.8 Å². The minimum Gasteiger partial charge on any atom is -0.444 e. The molecule has 0 atom stereocenters. The van der Waals surface area contributed by atoms with Gasteiger partial charge in [0, 0.05) is 32.5 Å². The van der Waals surface area contributed by atoms with Crippen LogP contribution in [0.4, 0.5) is 4.79 Å². The largest absolute Gasteiger partial charge is 0.444 e. The lowest BCUT2D eigenvalue weighted by molar-refractivity contribution is -0.144. The van der Waals surface area contributed by atoms with E-state index in [0.717, 1.165) is 20.3 Å². The van der Waals surface area contributed by atoms with Gasteiger partial charge in [0.1, 0.15) is 17.1 Å². The highest BCUT2D eigenvalue weighted by Crippen LogP contribution is 2.32. The minimum absolute atomic E-state index is 0.385. The first-order valence-electron chi connectivity index (χ1n) is 9.39. The molecule has 28 heavy (non-hydrogen) atoms. The zero-order chi connectivity index (χ0) is 20.9. The van der Waals surface area contributed by atoms with Gasteiger partial charge in [0.2, 0.25) is 0 Å². The van der Waals surface area contributed by atoms with Crippen LogP contribution in [0.1, 0.15) is 52.4 Å². The Bertz CT molecular complexity index is 810.